The van der Waals surface area contributed by atoms with E-state index >= 15 is 0 Å². The minimum atomic E-state index is -1.18. The fourth-order valence-electron chi connectivity index (χ4n) is 6.55. The molecule has 1 rings (SSSR count). The lowest BCUT2D eigenvalue weighted by molar-refractivity contribution is -0.157. The minimum absolute atomic E-state index is 0.0340. The summed E-state index contributed by atoms with van der Waals surface area (Å²) in [6, 6.07) is 9.69. The highest BCUT2D eigenvalue weighted by Gasteiger charge is 2.47. The Morgan fingerprint density at radius 2 is 1.24 bits per heavy atom. The highest BCUT2D eigenvalue weighted by molar-refractivity contribution is 5.75. The molecule has 0 bridgehead atoms. The van der Waals surface area contributed by atoms with Crippen LogP contribution in [0.5, 0.6) is 0 Å². The average molecular weight is 653 g/mol. The zero-order valence-corrected chi connectivity index (χ0v) is 29.3. The van der Waals surface area contributed by atoms with Gasteiger partial charge in [0, 0.05) is 5.41 Å². The Kier molecular flexibility index (Phi) is 24.4. The van der Waals surface area contributed by atoms with Gasteiger partial charge in [-0.05, 0) is 38.2 Å². The van der Waals surface area contributed by atoms with Gasteiger partial charge in [0.2, 0.25) is 0 Å². The normalized spacial score (nSPS) is 16.3. The topological polar surface area (TPSA) is 137 Å². The molecule has 0 fully saturated rings. The predicted octanol–water partition coefficient (Wildman–Crippen LogP) is 6.62. The van der Waals surface area contributed by atoms with Crippen LogP contribution in [-0.2, 0) is 19.7 Å². The first-order valence-electron chi connectivity index (χ1n) is 18.3. The molecule has 0 aliphatic heterocycles. The first kappa shape index (κ1) is 42.5. The number of hydrogen-bond donors (Lipinski definition) is 5. The van der Waals surface area contributed by atoms with Crippen molar-refractivity contribution in [2.45, 2.75) is 166 Å². The Morgan fingerprint density at radius 3 is 1.76 bits per heavy atom. The third kappa shape index (κ3) is 17.6. The summed E-state index contributed by atoms with van der Waals surface area (Å²) in [7, 11) is 0. The molecule has 268 valence electrons. The lowest BCUT2D eigenvalue weighted by atomic mass is 9.62. The van der Waals surface area contributed by atoms with Gasteiger partial charge in [-0.3, -0.25) is 4.79 Å². The van der Waals surface area contributed by atoms with E-state index in [1.54, 1.807) is 6.92 Å². The van der Waals surface area contributed by atoms with Crippen molar-refractivity contribution in [2.75, 3.05) is 26.4 Å². The quantitative estimate of drug-likeness (QED) is 0.0462. The Balaban J connectivity index is 3.44. The van der Waals surface area contributed by atoms with E-state index in [4.69, 9.17) is 9.47 Å². The van der Waals surface area contributed by atoms with Crippen molar-refractivity contribution in [1.82, 2.24) is 0 Å². The number of benzene rings is 1. The fourth-order valence-corrected chi connectivity index (χ4v) is 6.55. The van der Waals surface area contributed by atoms with Gasteiger partial charge in [-0.15, -0.1) is 0 Å². The molecule has 8 nitrogen and oxygen atoms in total. The summed E-state index contributed by atoms with van der Waals surface area (Å²) in [5, 5.41) is 51.4. The molecule has 0 aliphatic carbocycles. The van der Waals surface area contributed by atoms with Crippen LogP contribution in [0.25, 0.3) is 0 Å². The van der Waals surface area contributed by atoms with E-state index in [0.717, 1.165) is 50.5 Å². The SMILES string of the molecule is CCCCCCCCCCC(C(=O)OCC(O)CO)C(CC(O)CCCCCCCC)(CC(CO)OCC(C)O)c1ccccc1. The molecule has 0 spiro atoms. The monoisotopic (exact) mass is 652 g/mol. The maximum absolute atomic E-state index is 14.1. The zero-order chi connectivity index (χ0) is 34.0. The maximum Gasteiger partial charge on any atom is 0.309 e. The van der Waals surface area contributed by atoms with Gasteiger partial charge in [-0.1, -0.05) is 134 Å². The van der Waals surface area contributed by atoms with Gasteiger partial charge in [0.25, 0.3) is 0 Å². The zero-order valence-electron chi connectivity index (χ0n) is 29.3. The van der Waals surface area contributed by atoms with Gasteiger partial charge < -0.3 is 35.0 Å². The number of aliphatic hydroxyl groups excluding tert-OH is 5. The second-order valence-corrected chi connectivity index (χ2v) is 13.4. The summed E-state index contributed by atoms with van der Waals surface area (Å²) in [5.41, 5.74) is -0.0857. The van der Waals surface area contributed by atoms with Gasteiger partial charge in [-0.2, -0.15) is 0 Å². The van der Waals surface area contributed by atoms with E-state index in [-0.39, 0.29) is 32.7 Å². The van der Waals surface area contributed by atoms with Crippen LogP contribution in [0.3, 0.4) is 0 Å². The van der Waals surface area contributed by atoms with Crippen LogP contribution in [0.15, 0.2) is 30.3 Å². The molecule has 0 aromatic heterocycles. The molecule has 5 N–H and O–H groups in total. The Morgan fingerprint density at radius 1 is 0.696 bits per heavy atom. The van der Waals surface area contributed by atoms with Gasteiger partial charge in [0.05, 0.1) is 44.1 Å². The molecule has 1 aromatic rings. The van der Waals surface area contributed by atoms with Crippen LogP contribution in [0, 0.1) is 5.92 Å². The van der Waals surface area contributed by atoms with E-state index in [1.165, 1.54) is 44.9 Å². The third-order valence-corrected chi connectivity index (χ3v) is 9.13. The molecular weight excluding hydrogens is 584 g/mol. The number of carbonyl (C=O) groups excluding carboxylic acids is 1. The summed E-state index contributed by atoms with van der Waals surface area (Å²) in [5.74, 6) is -1.18. The smallest absolute Gasteiger partial charge is 0.309 e. The molecule has 0 saturated carbocycles. The van der Waals surface area contributed by atoms with E-state index in [2.05, 4.69) is 13.8 Å². The molecule has 0 heterocycles. The standard InChI is InChI=1S/C38H68O8/c1-4-6-8-10-12-13-15-20-24-36(37(44)46-30-34(43)27-39)38(32-21-17-16-18-22-32,26-35(28-40)45-29-31(3)41)25-33(42)23-19-14-11-9-7-5-2/h16-18,21-22,31,33-36,39-43H,4-15,19-20,23-30H2,1-3H3. The summed E-state index contributed by atoms with van der Waals surface area (Å²) >= 11 is 0. The number of unbranched alkanes of at least 4 members (excludes halogenated alkanes) is 12. The number of aliphatic hydroxyl groups is 5. The first-order valence-corrected chi connectivity index (χ1v) is 18.3. The lowest BCUT2D eigenvalue weighted by Gasteiger charge is -2.43. The second-order valence-electron chi connectivity index (χ2n) is 13.4. The third-order valence-electron chi connectivity index (χ3n) is 9.13. The molecule has 46 heavy (non-hydrogen) atoms. The van der Waals surface area contributed by atoms with Crippen LogP contribution < -0.4 is 0 Å². The van der Waals surface area contributed by atoms with Crippen molar-refractivity contribution in [3.8, 4) is 0 Å². The first-order chi connectivity index (χ1) is 22.2. The van der Waals surface area contributed by atoms with Gasteiger partial charge in [-0.25, -0.2) is 0 Å². The number of carbonyl (C=O) groups is 1. The van der Waals surface area contributed by atoms with Crippen molar-refractivity contribution < 1.29 is 39.8 Å². The number of ether oxygens (including phenoxy) is 2. The highest BCUT2D eigenvalue weighted by Crippen LogP contribution is 2.45. The van der Waals surface area contributed by atoms with Crippen LogP contribution in [0.2, 0.25) is 0 Å². The van der Waals surface area contributed by atoms with Gasteiger partial charge >= 0.3 is 5.97 Å². The Bertz CT molecular complexity index is 850. The second kappa shape index (κ2) is 26.4. The van der Waals surface area contributed by atoms with Crippen molar-refractivity contribution >= 4 is 5.97 Å². The van der Waals surface area contributed by atoms with Crippen LogP contribution in [-0.4, -0.2) is 82.3 Å². The van der Waals surface area contributed by atoms with Gasteiger partial charge in [0.15, 0.2) is 0 Å². The lowest BCUT2D eigenvalue weighted by Crippen LogP contribution is -2.47. The van der Waals surface area contributed by atoms with Gasteiger partial charge in [0.1, 0.15) is 12.7 Å². The molecule has 6 atom stereocenters. The predicted molar refractivity (Wildman–Crippen MR) is 185 cm³/mol. The molecule has 0 amide bonds. The maximum atomic E-state index is 14.1. The summed E-state index contributed by atoms with van der Waals surface area (Å²) in [6.45, 7) is 4.91. The van der Waals surface area contributed by atoms with Crippen LogP contribution in [0.4, 0.5) is 0 Å². The summed E-state index contributed by atoms with van der Waals surface area (Å²) in [6.07, 6.45) is 13.8. The van der Waals surface area contributed by atoms with Crippen LogP contribution >= 0.6 is 0 Å². The summed E-state index contributed by atoms with van der Waals surface area (Å²) in [4.78, 5) is 14.1. The molecule has 1 aromatic carbocycles. The van der Waals surface area contributed by atoms with E-state index in [1.807, 2.05) is 30.3 Å². The van der Waals surface area contributed by atoms with E-state index in [0.29, 0.717) is 12.8 Å². The number of hydrogen-bond acceptors (Lipinski definition) is 8. The Hall–Kier alpha value is -1.55. The number of esters is 1. The fraction of sp³-hybridized carbons (Fsp3) is 0.816. The summed E-state index contributed by atoms with van der Waals surface area (Å²) < 4.78 is 11.6. The number of rotatable bonds is 30. The Labute approximate surface area is 279 Å². The molecule has 0 saturated heterocycles. The molecule has 0 radical (unpaired) electrons. The minimum Gasteiger partial charge on any atom is -0.463 e. The van der Waals surface area contributed by atoms with Crippen molar-refractivity contribution in [1.29, 1.82) is 0 Å². The largest absolute Gasteiger partial charge is 0.463 e. The molecule has 0 aliphatic rings. The molecule has 8 heteroatoms. The average Bonchev–Trinajstić information content (AvgIpc) is 3.06. The van der Waals surface area contributed by atoms with Crippen molar-refractivity contribution in [2.24, 2.45) is 5.92 Å². The highest BCUT2D eigenvalue weighted by atomic mass is 16.5. The van der Waals surface area contributed by atoms with E-state index in [9.17, 15) is 30.3 Å². The molecule has 6 unspecified atom stereocenters. The van der Waals surface area contributed by atoms with E-state index < -0.39 is 48.3 Å². The molecular formula is C38H68O8. The van der Waals surface area contributed by atoms with Crippen molar-refractivity contribution in [3.63, 3.8) is 0 Å². The van der Waals surface area contributed by atoms with Crippen LogP contribution in [0.1, 0.15) is 142 Å². The van der Waals surface area contributed by atoms with Crippen molar-refractivity contribution in [3.05, 3.63) is 35.9 Å².